The molecule has 60 valence electrons. The molecule has 0 aliphatic heterocycles. The standard InChI is InChI=1S/C6H8N2OS2/c1-3-4(5(7)9)11-6(8-3)10-2/h1-2H3,(H2,7,9). The molecule has 0 aromatic carbocycles. The molecule has 0 saturated heterocycles. The Morgan fingerprint density at radius 3 is 2.64 bits per heavy atom. The van der Waals surface area contributed by atoms with Crippen molar-refractivity contribution in [2.24, 2.45) is 5.73 Å². The van der Waals surface area contributed by atoms with Crippen LogP contribution in [0.4, 0.5) is 0 Å². The Labute approximate surface area is 73.0 Å². The quantitative estimate of drug-likeness (QED) is 0.711. The van der Waals surface area contributed by atoms with E-state index in [4.69, 9.17) is 5.73 Å². The van der Waals surface area contributed by atoms with Crippen LogP contribution in [0.5, 0.6) is 0 Å². The zero-order valence-electron chi connectivity index (χ0n) is 6.25. The maximum Gasteiger partial charge on any atom is 0.260 e. The van der Waals surface area contributed by atoms with Crippen LogP contribution in [0, 0.1) is 6.92 Å². The van der Waals surface area contributed by atoms with Crippen LogP contribution in [0.1, 0.15) is 15.4 Å². The number of hydrogen-bond donors (Lipinski definition) is 1. The number of rotatable bonds is 2. The van der Waals surface area contributed by atoms with Crippen LogP contribution < -0.4 is 5.73 Å². The zero-order valence-corrected chi connectivity index (χ0v) is 7.88. The minimum atomic E-state index is -0.389. The fraction of sp³-hybridized carbons (Fsp3) is 0.333. The average molecular weight is 188 g/mol. The van der Waals surface area contributed by atoms with Crippen LogP contribution in [0.25, 0.3) is 0 Å². The highest BCUT2D eigenvalue weighted by Gasteiger charge is 2.10. The Morgan fingerprint density at radius 1 is 1.73 bits per heavy atom. The van der Waals surface area contributed by atoms with E-state index in [0.29, 0.717) is 4.88 Å². The third-order valence-electron chi connectivity index (χ3n) is 1.18. The molecule has 3 nitrogen and oxygen atoms in total. The highest BCUT2D eigenvalue weighted by molar-refractivity contribution is 8.00. The number of aromatic nitrogens is 1. The summed E-state index contributed by atoms with van der Waals surface area (Å²) in [4.78, 5) is 15.4. The van der Waals surface area contributed by atoms with Crippen LogP contribution in [0.3, 0.4) is 0 Å². The molecule has 11 heavy (non-hydrogen) atoms. The molecule has 1 rings (SSSR count). The topological polar surface area (TPSA) is 56.0 Å². The molecule has 0 aliphatic rings. The molecule has 0 atom stereocenters. The van der Waals surface area contributed by atoms with Gasteiger partial charge < -0.3 is 5.73 Å². The fourth-order valence-electron chi connectivity index (χ4n) is 0.688. The molecule has 1 aromatic rings. The molecule has 2 N–H and O–H groups in total. The lowest BCUT2D eigenvalue weighted by Crippen LogP contribution is -2.09. The largest absolute Gasteiger partial charge is 0.365 e. The minimum absolute atomic E-state index is 0.389. The summed E-state index contributed by atoms with van der Waals surface area (Å²) in [7, 11) is 0. The second-order valence-electron chi connectivity index (χ2n) is 1.96. The second-order valence-corrected chi connectivity index (χ2v) is 4.02. The molecule has 0 unspecified atom stereocenters. The molecule has 5 heteroatoms. The van der Waals surface area contributed by atoms with Crippen LogP contribution in [0.15, 0.2) is 4.34 Å². The number of nitrogens with zero attached hydrogens (tertiary/aromatic N) is 1. The summed E-state index contributed by atoms with van der Waals surface area (Å²) in [5, 5.41) is 0. The summed E-state index contributed by atoms with van der Waals surface area (Å²) in [6, 6.07) is 0. The lowest BCUT2D eigenvalue weighted by atomic mass is 10.4. The monoisotopic (exact) mass is 188 g/mol. The predicted octanol–water partition coefficient (Wildman–Crippen LogP) is 1.27. The van der Waals surface area contributed by atoms with E-state index < -0.39 is 0 Å². The van der Waals surface area contributed by atoms with Gasteiger partial charge in [-0.1, -0.05) is 11.8 Å². The van der Waals surface area contributed by atoms with Crippen LogP contribution >= 0.6 is 23.1 Å². The van der Waals surface area contributed by atoms with Crippen molar-refractivity contribution in [3.05, 3.63) is 10.6 Å². The van der Waals surface area contributed by atoms with E-state index in [2.05, 4.69) is 4.98 Å². The van der Waals surface area contributed by atoms with Gasteiger partial charge >= 0.3 is 0 Å². The number of carbonyl (C=O) groups excluding carboxylic acids is 1. The van der Waals surface area contributed by atoms with Crippen molar-refractivity contribution in [1.82, 2.24) is 4.98 Å². The van der Waals surface area contributed by atoms with Crippen molar-refractivity contribution in [1.29, 1.82) is 0 Å². The zero-order chi connectivity index (χ0) is 8.43. The SMILES string of the molecule is CSc1nc(C)c(C(N)=O)s1. The Hall–Kier alpha value is -0.550. The van der Waals surface area contributed by atoms with Gasteiger partial charge in [-0.2, -0.15) is 0 Å². The van der Waals surface area contributed by atoms with Gasteiger partial charge in [0.2, 0.25) is 0 Å². The third kappa shape index (κ3) is 1.72. The number of hydrogen-bond acceptors (Lipinski definition) is 4. The summed E-state index contributed by atoms with van der Waals surface area (Å²) >= 11 is 2.87. The van der Waals surface area contributed by atoms with Crippen molar-refractivity contribution in [2.45, 2.75) is 11.3 Å². The predicted molar refractivity (Wildman–Crippen MR) is 47.1 cm³/mol. The van der Waals surface area contributed by atoms with E-state index in [0.717, 1.165) is 10.0 Å². The maximum atomic E-state index is 10.7. The molecule has 1 amide bonds. The Morgan fingerprint density at radius 2 is 2.36 bits per heavy atom. The number of carbonyl (C=O) groups is 1. The highest BCUT2D eigenvalue weighted by atomic mass is 32.2. The van der Waals surface area contributed by atoms with E-state index in [-0.39, 0.29) is 5.91 Å². The number of aryl methyl sites for hydroxylation is 1. The van der Waals surface area contributed by atoms with Gasteiger partial charge in [0.05, 0.1) is 5.69 Å². The van der Waals surface area contributed by atoms with Gasteiger partial charge in [-0.05, 0) is 13.2 Å². The van der Waals surface area contributed by atoms with E-state index in [1.54, 1.807) is 6.92 Å². The van der Waals surface area contributed by atoms with Gasteiger partial charge in [-0.3, -0.25) is 4.79 Å². The van der Waals surface area contributed by atoms with Gasteiger partial charge in [0.25, 0.3) is 5.91 Å². The molecule has 0 aliphatic carbocycles. The van der Waals surface area contributed by atoms with Crippen molar-refractivity contribution in [3.8, 4) is 0 Å². The van der Waals surface area contributed by atoms with E-state index in [1.165, 1.54) is 23.1 Å². The minimum Gasteiger partial charge on any atom is -0.365 e. The summed E-state index contributed by atoms with van der Waals surface area (Å²) in [5.41, 5.74) is 5.83. The number of primary amides is 1. The second kappa shape index (κ2) is 3.23. The molecule has 0 spiro atoms. The molecular weight excluding hydrogens is 180 g/mol. The molecule has 0 fully saturated rings. The first-order valence-corrected chi connectivity index (χ1v) is 5.00. The summed E-state index contributed by atoms with van der Waals surface area (Å²) in [6.45, 7) is 1.79. The first-order chi connectivity index (χ1) is 5.15. The number of thiazole rings is 1. The maximum absolute atomic E-state index is 10.7. The Balaban J connectivity index is 3.07. The van der Waals surface area contributed by atoms with E-state index in [9.17, 15) is 4.79 Å². The highest BCUT2D eigenvalue weighted by Crippen LogP contribution is 2.24. The smallest absolute Gasteiger partial charge is 0.260 e. The molecule has 1 heterocycles. The summed E-state index contributed by atoms with van der Waals surface area (Å²) in [6.07, 6.45) is 1.92. The first kappa shape index (κ1) is 8.55. The van der Waals surface area contributed by atoms with E-state index in [1.807, 2.05) is 6.26 Å². The third-order valence-corrected chi connectivity index (χ3v) is 3.33. The Bertz CT molecular complexity index is 282. The van der Waals surface area contributed by atoms with Gasteiger partial charge in [-0.25, -0.2) is 4.98 Å². The van der Waals surface area contributed by atoms with E-state index >= 15 is 0 Å². The van der Waals surface area contributed by atoms with Gasteiger partial charge in [0.15, 0.2) is 4.34 Å². The molecule has 1 aromatic heterocycles. The van der Waals surface area contributed by atoms with Crippen molar-refractivity contribution < 1.29 is 4.79 Å². The normalized spacial score (nSPS) is 10.0. The number of nitrogens with two attached hydrogens (primary N) is 1. The Kier molecular flexibility index (Phi) is 2.51. The van der Waals surface area contributed by atoms with Gasteiger partial charge in [0.1, 0.15) is 4.88 Å². The molecule has 0 saturated carbocycles. The molecule has 0 radical (unpaired) electrons. The van der Waals surface area contributed by atoms with Crippen molar-refractivity contribution >= 4 is 29.0 Å². The fourth-order valence-corrected chi connectivity index (χ4v) is 2.15. The lowest BCUT2D eigenvalue weighted by Gasteiger charge is -1.85. The molecule has 0 bridgehead atoms. The van der Waals surface area contributed by atoms with Gasteiger partial charge in [0, 0.05) is 0 Å². The van der Waals surface area contributed by atoms with Crippen molar-refractivity contribution in [3.63, 3.8) is 0 Å². The lowest BCUT2D eigenvalue weighted by molar-refractivity contribution is 0.100. The average Bonchev–Trinajstić information content (AvgIpc) is 2.30. The van der Waals surface area contributed by atoms with Crippen LogP contribution in [-0.4, -0.2) is 17.1 Å². The number of thioether (sulfide) groups is 1. The molecular formula is C6H8N2OS2. The van der Waals surface area contributed by atoms with Gasteiger partial charge in [-0.15, -0.1) is 11.3 Å². The number of amides is 1. The van der Waals surface area contributed by atoms with Crippen LogP contribution in [-0.2, 0) is 0 Å². The van der Waals surface area contributed by atoms with Crippen LogP contribution in [0.2, 0.25) is 0 Å². The summed E-state index contributed by atoms with van der Waals surface area (Å²) < 4.78 is 0.885. The van der Waals surface area contributed by atoms with Crippen molar-refractivity contribution in [2.75, 3.05) is 6.26 Å². The summed E-state index contributed by atoms with van der Waals surface area (Å²) in [5.74, 6) is -0.389. The first-order valence-electron chi connectivity index (χ1n) is 2.96.